The average molecular weight is 487 g/mol. The van der Waals surface area contributed by atoms with Crippen molar-refractivity contribution in [1.82, 2.24) is 0 Å². The van der Waals surface area contributed by atoms with Gasteiger partial charge in [-0.2, -0.15) is 0 Å². The van der Waals surface area contributed by atoms with Gasteiger partial charge in [0.25, 0.3) is 0 Å². The van der Waals surface area contributed by atoms with Gasteiger partial charge in [-0.25, -0.2) is 0 Å². The van der Waals surface area contributed by atoms with E-state index in [1.54, 1.807) is 60.7 Å². The molecule has 4 aromatic rings. The molecule has 0 radical (unpaired) electrons. The first-order valence-corrected chi connectivity index (χ1v) is 11.7. The zero-order valence-corrected chi connectivity index (χ0v) is 20.4. The van der Waals surface area contributed by atoms with E-state index in [0.29, 0.717) is 37.2 Å². The summed E-state index contributed by atoms with van der Waals surface area (Å²) >= 11 is 0. The van der Waals surface area contributed by atoms with Crippen molar-refractivity contribution in [3.05, 3.63) is 95.1 Å². The molecule has 0 aliphatic rings. The molecular weight excluding hydrogens is 456 g/mol. The molecule has 0 aromatic heterocycles. The maximum Gasteiger partial charge on any atom is 0.161 e. The maximum atomic E-state index is 10.5. The molecule has 4 rings (SSSR count). The molecule has 4 N–H and O–H groups in total. The second-order valence-corrected chi connectivity index (χ2v) is 8.70. The van der Waals surface area contributed by atoms with E-state index in [-0.39, 0.29) is 23.0 Å². The Balaban J connectivity index is 1.77. The van der Waals surface area contributed by atoms with Gasteiger partial charge in [-0.1, -0.05) is 24.3 Å². The summed E-state index contributed by atoms with van der Waals surface area (Å²) < 4.78 is 10.8. The van der Waals surface area contributed by atoms with Crippen LogP contribution in [0.25, 0.3) is 11.1 Å². The molecule has 0 atom stereocenters. The Morgan fingerprint density at radius 3 is 1.31 bits per heavy atom. The molecule has 0 aliphatic heterocycles. The van der Waals surface area contributed by atoms with Crippen LogP contribution in [0.5, 0.6) is 34.5 Å². The zero-order valence-electron chi connectivity index (χ0n) is 20.4. The van der Waals surface area contributed by atoms with Gasteiger partial charge in [-0.3, -0.25) is 0 Å². The number of aryl methyl sites for hydroxylation is 4. The number of phenolic OH excluding ortho intramolecular Hbond substituents is 4. The van der Waals surface area contributed by atoms with Crippen LogP contribution in [0.2, 0.25) is 0 Å². The van der Waals surface area contributed by atoms with Crippen molar-refractivity contribution in [2.75, 3.05) is 14.2 Å². The summed E-state index contributed by atoms with van der Waals surface area (Å²) in [6.45, 7) is 0. The summed E-state index contributed by atoms with van der Waals surface area (Å²) in [5, 5.41) is 40.8. The van der Waals surface area contributed by atoms with Crippen LogP contribution < -0.4 is 9.47 Å². The Morgan fingerprint density at radius 1 is 0.528 bits per heavy atom. The summed E-state index contributed by atoms with van der Waals surface area (Å²) in [7, 11) is 3.01. The first kappa shape index (κ1) is 24.8. The number of methoxy groups -OCH3 is 2. The van der Waals surface area contributed by atoms with E-state index in [2.05, 4.69) is 0 Å². The van der Waals surface area contributed by atoms with E-state index in [9.17, 15) is 20.4 Å². The molecule has 4 aromatic carbocycles. The van der Waals surface area contributed by atoms with Crippen molar-refractivity contribution in [2.24, 2.45) is 0 Å². The fraction of sp³-hybridized carbons (Fsp3) is 0.200. The highest BCUT2D eigenvalue weighted by Gasteiger charge is 2.18. The second-order valence-electron chi connectivity index (χ2n) is 8.70. The molecule has 36 heavy (non-hydrogen) atoms. The first-order valence-electron chi connectivity index (χ1n) is 11.7. The summed E-state index contributed by atoms with van der Waals surface area (Å²) in [4.78, 5) is 0. The van der Waals surface area contributed by atoms with Gasteiger partial charge >= 0.3 is 0 Å². The number of aromatic hydroxyl groups is 4. The molecule has 6 nitrogen and oxygen atoms in total. The van der Waals surface area contributed by atoms with E-state index in [0.717, 1.165) is 33.4 Å². The second kappa shape index (κ2) is 11.0. The average Bonchev–Trinajstić information content (AvgIpc) is 2.86. The van der Waals surface area contributed by atoms with Crippen LogP contribution in [0.15, 0.2) is 72.8 Å². The summed E-state index contributed by atoms with van der Waals surface area (Å²) in [5.74, 6) is 1.19. The van der Waals surface area contributed by atoms with Crippen LogP contribution >= 0.6 is 0 Å². The third kappa shape index (κ3) is 5.66. The van der Waals surface area contributed by atoms with Gasteiger partial charge in [0.15, 0.2) is 23.0 Å². The lowest BCUT2D eigenvalue weighted by molar-refractivity contribution is 0.372. The Hall–Kier alpha value is -4.32. The van der Waals surface area contributed by atoms with E-state index in [1.165, 1.54) is 14.2 Å². The lowest BCUT2D eigenvalue weighted by Gasteiger charge is -2.18. The minimum atomic E-state index is 0.0409. The highest BCUT2D eigenvalue weighted by Crippen LogP contribution is 2.41. The van der Waals surface area contributed by atoms with Crippen LogP contribution in [-0.2, 0) is 25.7 Å². The van der Waals surface area contributed by atoms with Gasteiger partial charge in [-0.05, 0) is 108 Å². The van der Waals surface area contributed by atoms with Crippen molar-refractivity contribution in [3.8, 4) is 45.6 Å². The molecule has 0 bridgehead atoms. The molecule has 0 amide bonds. The van der Waals surface area contributed by atoms with Gasteiger partial charge in [0, 0.05) is 0 Å². The van der Waals surface area contributed by atoms with E-state index >= 15 is 0 Å². The fourth-order valence-electron chi connectivity index (χ4n) is 4.45. The van der Waals surface area contributed by atoms with Gasteiger partial charge in [0.05, 0.1) is 14.2 Å². The number of hydrogen-bond donors (Lipinski definition) is 4. The monoisotopic (exact) mass is 486 g/mol. The lowest BCUT2D eigenvalue weighted by atomic mass is 9.89. The molecule has 186 valence electrons. The molecule has 0 heterocycles. The quantitative estimate of drug-likeness (QED) is 0.240. The van der Waals surface area contributed by atoms with Crippen LogP contribution in [0.1, 0.15) is 22.3 Å². The highest BCUT2D eigenvalue weighted by atomic mass is 16.5. The number of phenols is 4. The lowest BCUT2D eigenvalue weighted by Crippen LogP contribution is -2.01. The molecule has 0 aliphatic carbocycles. The molecule has 0 fully saturated rings. The predicted octanol–water partition coefficient (Wildman–Crippen LogP) is 5.76. The zero-order chi connectivity index (χ0) is 25.7. The van der Waals surface area contributed by atoms with Crippen molar-refractivity contribution >= 4 is 0 Å². The van der Waals surface area contributed by atoms with Crippen molar-refractivity contribution in [1.29, 1.82) is 0 Å². The third-order valence-electron chi connectivity index (χ3n) is 6.29. The SMILES string of the molecule is COc1cc(-c2cc(OC)c(O)cc2CCc2cccc(O)c2)c(CCc2cccc(O)c2)cc1O. The number of rotatable bonds is 9. The standard InChI is InChI=1S/C30H30O6/c1-35-29-17-25(21(15-27(29)33)11-9-19-5-3-7-23(31)13-19)26-18-30(36-2)28(34)16-22(26)12-10-20-6-4-8-24(32)14-20/h3-8,13-18,31-34H,9-12H2,1-2H3. The smallest absolute Gasteiger partial charge is 0.161 e. The van der Waals surface area contributed by atoms with Gasteiger partial charge in [0.1, 0.15) is 11.5 Å². The topological polar surface area (TPSA) is 99.4 Å². The summed E-state index contributed by atoms with van der Waals surface area (Å²) in [6.07, 6.45) is 2.51. The Bertz CT molecular complexity index is 1260. The van der Waals surface area contributed by atoms with Crippen LogP contribution in [-0.4, -0.2) is 34.6 Å². The largest absolute Gasteiger partial charge is 0.508 e. The third-order valence-corrected chi connectivity index (χ3v) is 6.29. The van der Waals surface area contributed by atoms with Crippen LogP contribution in [0, 0.1) is 0 Å². The molecule has 0 unspecified atom stereocenters. The van der Waals surface area contributed by atoms with Crippen LogP contribution in [0.3, 0.4) is 0 Å². The Morgan fingerprint density at radius 2 is 0.944 bits per heavy atom. The molecule has 0 spiro atoms. The minimum Gasteiger partial charge on any atom is -0.508 e. The summed E-state index contributed by atoms with van der Waals surface area (Å²) in [5.41, 5.74) is 5.45. The fourth-order valence-corrected chi connectivity index (χ4v) is 4.45. The van der Waals surface area contributed by atoms with Gasteiger partial charge < -0.3 is 29.9 Å². The van der Waals surface area contributed by atoms with E-state index in [4.69, 9.17) is 9.47 Å². The summed E-state index contributed by atoms with van der Waals surface area (Å²) in [6, 6.07) is 21.3. The predicted molar refractivity (Wildman–Crippen MR) is 139 cm³/mol. The van der Waals surface area contributed by atoms with Crippen molar-refractivity contribution < 1.29 is 29.9 Å². The highest BCUT2D eigenvalue weighted by molar-refractivity contribution is 5.76. The normalized spacial score (nSPS) is 10.8. The van der Waals surface area contributed by atoms with Crippen LogP contribution in [0.4, 0.5) is 0 Å². The number of ether oxygens (including phenoxy) is 2. The Labute approximate surface area is 210 Å². The minimum absolute atomic E-state index is 0.0409. The van der Waals surface area contributed by atoms with E-state index < -0.39 is 0 Å². The van der Waals surface area contributed by atoms with Gasteiger partial charge in [-0.15, -0.1) is 0 Å². The van der Waals surface area contributed by atoms with Crippen molar-refractivity contribution in [3.63, 3.8) is 0 Å². The molecule has 0 saturated heterocycles. The van der Waals surface area contributed by atoms with Crippen molar-refractivity contribution in [2.45, 2.75) is 25.7 Å². The molecule has 6 heteroatoms. The molecule has 0 saturated carbocycles. The first-order chi connectivity index (χ1) is 17.4. The maximum absolute atomic E-state index is 10.5. The van der Waals surface area contributed by atoms with E-state index in [1.807, 2.05) is 12.1 Å². The van der Waals surface area contributed by atoms with Gasteiger partial charge in [0.2, 0.25) is 0 Å². The molecular formula is C30H30O6. The number of benzene rings is 4. The number of hydrogen-bond acceptors (Lipinski definition) is 6. The Kier molecular flexibility index (Phi) is 7.54.